The van der Waals surface area contributed by atoms with Gasteiger partial charge < -0.3 is 10.1 Å². The van der Waals surface area contributed by atoms with Gasteiger partial charge in [-0.05, 0) is 23.8 Å². The lowest BCUT2D eigenvalue weighted by Crippen LogP contribution is -2.27. The van der Waals surface area contributed by atoms with E-state index in [0.29, 0.717) is 11.3 Å². The van der Waals surface area contributed by atoms with Gasteiger partial charge in [0, 0.05) is 11.1 Å². The Morgan fingerprint density at radius 1 is 1.00 bits per heavy atom. The average molecular weight is 311 g/mol. The Kier molecular flexibility index (Phi) is 5.16. The van der Waals surface area contributed by atoms with Gasteiger partial charge in [-0.25, -0.2) is 4.79 Å². The summed E-state index contributed by atoms with van der Waals surface area (Å²) < 4.78 is 5.29. The minimum absolute atomic E-state index is 0.104. The van der Waals surface area contributed by atoms with Gasteiger partial charge in [-0.15, -0.1) is 0 Å². The number of hydrogen-bond donors (Lipinski definition) is 1. The Bertz CT molecular complexity index is 687. The lowest BCUT2D eigenvalue weighted by Gasteiger charge is -2.17. The van der Waals surface area contributed by atoms with Crippen molar-refractivity contribution in [2.75, 3.05) is 5.32 Å². The van der Waals surface area contributed by atoms with Crippen LogP contribution in [0.5, 0.6) is 0 Å². The molecule has 0 heterocycles. The lowest BCUT2D eigenvalue weighted by atomic mass is 9.95. The highest BCUT2D eigenvalue weighted by atomic mass is 16.5. The highest BCUT2D eigenvalue weighted by molar-refractivity contribution is 5.96. The molecule has 0 saturated heterocycles. The molecule has 0 spiro atoms. The molecule has 4 nitrogen and oxygen atoms in total. The summed E-state index contributed by atoms with van der Waals surface area (Å²) in [7, 11) is 0. The van der Waals surface area contributed by atoms with Crippen LogP contribution < -0.4 is 5.32 Å². The normalized spacial score (nSPS) is 10.9. The summed E-state index contributed by atoms with van der Waals surface area (Å²) >= 11 is 0. The summed E-state index contributed by atoms with van der Waals surface area (Å²) in [4.78, 5) is 24.1. The molecule has 0 atom stereocenters. The van der Waals surface area contributed by atoms with Gasteiger partial charge >= 0.3 is 5.97 Å². The second-order valence-electron chi connectivity index (χ2n) is 6.35. The number of amides is 1. The number of ether oxygens (including phenoxy) is 1. The van der Waals surface area contributed by atoms with Crippen LogP contribution >= 0.6 is 0 Å². The van der Waals surface area contributed by atoms with Crippen LogP contribution in [0.15, 0.2) is 54.6 Å². The second kappa shape index (κ2) is 7.09. The molecule has 1 amide bonds. The Hall–Kier alpha value is -2.62. The number of hydrogen-bond acceptors (Lipinski definition) is 3. The molecular formula is C19H21NO3. The van der Waals surface area contributed by atoms with E-state index in [9.17, 15) is 9.59 Å². The number of rotatable bonds is 4. The van der Waals surface area contributed by atoms with Crippen LogP contribution in [0.2, 0.25) is 0 Å². The van der Waals surface area contributed by atoms with Crippen molar-refractivity contribution >= 4 is 17.6 Å². The molecule has 0 radical (unpaired) electrons. The molecule has 0 saturated carbocycles. The Labute approximate surface area is 136 Å². The van der Waals surface area contributed by atoms with Gasteiger partial charge in [0.1, 0.15) is 6.61 Å². The largest absolute Gasteiger partial charge is 0.457 e. The first-order chi connectivity index (χ1) is 10.9. The molecule has 0 aromatic heterocycles. The molecule has 120 valence electrons. The van der Waals surface area contributed by atoms with E-state index < -0.39 is 11.4 Å². The molecular weight excluding hydrogens is 290 g/mol. The average Bonchev–Trinajstić information content (AvgIpc) is 2.53. The van der Waals surface area contributed by atoms with E-state index in [0.717, 1.165) is 5.56 Å². The molecule has 0 aliphatic carbocycles. The van der Waals surface area contributed by atoms with Crippen molar-refractivity contribution in [3.05, 3.63) is 65.7 Å². The van der Waals surface area contributed by atoms with Crippen molar-refractivity contribution in [3.8, 4) is 0 Å². The first-order valence-electron chi connectivity index (χ1n) is 7.49. The highest BCUT2D eigenvalue weighted by Crippen LogP contribution is 2.18. The van der Waals surface area contributed by atoms with Crippen LogP contribution in [-0.4, -0.2) is 11.9 Å². The van der Waals surface area contributed by atoms with Crippen molar-refractivity contribution in [3.63, 3.8) is 0 Å². The zero-order chi connectivity index (χ0) is 16.9. The standard InChI is InChI=1S/C19H21NO3/c1-19(2,3)18(22)20-16-11-7-10-15(12-16)17(21)23-13-14-8-5-4-6-9-14/h4-12H,13H2,1-3H3,(H,20,22). The number of esters is 1. The third kappa shape index (κ3) is 4.95. The van der Waals surface area contributed by atoms with Crippen molar-refractivity contribution < 1.29 is 14.3 Å². The Morgan fingerprint density at radius 3 is 2.35 bits per heavy atom. The van der Waals surface area contributed by atoms with E-state index >= 15 is 0 Å². The number of nitrogens with one attached hydrogen (secondary N) is 1. The molecule has 0 bridgehead atoms. The summed E-state index contributed by atoms with van der Waals surface area (Å²) in [6.07, 6.45) is 0. The second-order valence-corrected chi connectivity index (χ2v) is 6.35. The summed E-state index contributed by atoms with van der Waals surface area (Å²) in [5, 5.41) is 2.80. The predicted molar refractivity (Wildman–Crippen MR) is 90.1 cm³/mol. The zero-order valence-corrected chi connectivity index (χ0v) is 13.6. The van der Waals surface area contributed by atoms with E-state index in [-0.39, 0.29) is 12.5 Å². The van der Waals surface area contributed by atoms with Crippen molar-refractivity contribution in [1.82, 2.24) is 0 Å². The third-order valence-electron chi connectivity index (χ3n) is 3.25. The molecule has 1 N–H and O–H groups in total. The van der Waals surface area contributed by atoms with Crippen LogP contribution in [-0.2, 0) is 16.1 Å². The molecule has 2 aromatic rings. The quantitative estimate of drug-likeness (QED) is 0.867. The molecule has 2 rings (SSSR count). The first-order valence-corrected chi connectivity index (χ1v) is 7.49. The topological polar surface area (TPSA) is 55.4 Å². The fraction of sp³-hybridized carbons (Fsp3) is 0.263. The number of benzene rings is 2. The number of carbonyl (C=O) groups excluding carboxylic acids is 2. The predicted octanol–water partition coefficient (Wildman–Crippen LogP) is 4.03. The van der Waals surface area contributed by atoms with Gasteiger partial charge in [0.15, 0.2) is 0 Å². The molecule has 0 aliphatic rings. The summed E-state index contributed by atoms with van der Waals surface area (Å²) in [5.41, 5.74) is 1.42. The van der Waals surface area contributed by atoms with Crippen molar-refractivity contribution in [2.24, 2.45) is 5.41 Å². The lowest BCUT2D eigenvalue weighted by molar-refractivity contribution is -0.123. The van der Waals surface area contributed by atoms with Crippen LogP contribution in [0.4, 0.5) is 5.69 Å². The van der Waals surface area contributed by atoms with E-state index in [1.807, 2.05) is 51.1 Å². The van der Waals surface area contributed by atoms with Crippen LogP contribution in [0.1, 0.15) is 36.7 Å². The minimum Gasteiger partial charge on any atom is -0.457 e. The highest BCUT2D eigenvalue weighted by Gasteiger charge is 2.21. The van der Waals surface area contributed by atoms with Crippen LogP contribution in [0.3, 0.4) is 0 Å². The molecule has 0 unspecified atom stereocenters. The maximum atomic E-state index is 12.1. The molecule has 0 aliphatic heterocycles. The third-order valence-corrected chi connectivity index (χ3v) is 3.25. The Balaban J connectivity index is 2.01. The fourth-order valence-corrected chi connectivity index (χ4v) is 1.85. The first kappa shape index (κ1) is 16.7. The Morgan fingerprint density at radius 2 is 1.70 bits per heavy atom. The summed E-state index contributed by atoms with van der Waals surface area (Å²) in [5.74, 6) is -0.520. The SMILES string of the molecule is CC(C)(C)C(=O)Nc1cccc(C(=O)OCc2ccccc2)c1. The van der Waals surface area contributed by atoms with E-state index in [1.165, 1.54) is 0 Å². The molecule has 23 heavy (non-hydrogen) atoms. The van der Waals surface area contributed by atoms with Gasteiger partial charge in [0.2, 0.25) is 5.91 Å². The summed E-state index contributed by atoms with van der Waals surface area (Å²) in [6.45, 7) is 5.72. The van der Waals surface area contributed by atoms with Gasteiger partial charge in [-0.1, -0.05) is 57.2 Å². The molecule has 0 fully saturated rings. The number of carbonyl (C=O) groups is 2. The van der Waals surface area contributed by atoms with Gasteiger partial charge in [-0.2, -0.15) is 0 Å². The van der Waals surface area contributed by atoms with Crippen molar-refractivity contribution in [2.45, 2.75) is 27.4 Å². The molecule has 4 heteroatoms. The summed E-state index contributed by atoms with van der Waals surface area (Å²) in [6, 6.07) is 16.2. The smallest absolute Gasteiger partial charge is 0.338 e. The van der Waals surface area contributed by atoms with Crippen LogP contribution in [0.25, 0.3) is 0 Å². The van der Waals surface area contributed by atoms with Gasteiger partial charge in [0.25, 0.3) is 0 Å². The fourth-order valence-electron chi connectivity index (χ4n) is 1.85. The maximum Gasteiger partial charge on any atom is 0.338 e. The van der Waals surface area contributed by atoms with Gasteiger partial charge in [0.05, 0.1) is 5.56 Å². The van der Waals surface area contributed by atoms with Gasteiger partial charge in [-0.3, -0.25) is 4.79 Å². The van der Waals surface area contributed by atoms with E-state index in [1.54, 1.807) is 24.3 Å². The number of anilines is 1. The zero-order valence-electron chi connectivity index (χ0n) is 13.6. The maximum absolute atomic E-state index is 12.1. The minimum atomic E-state index is -0.496. The molecule has 2 aromatic carbocycles. The van der Waals surface area contributed by atoms with Crippen LogP contribution in [0, 0.1) is 5.41 Å². The monoisotopic (exact) mass is 311 g/mol. The van der Waals surface area contributed by atoms with E-state index in [4.69, 9.17) is 4.74 Å². The van der Waals surface area contributed by atoms with Crippen molar-refractivity contribution in [1.29, 1.82) is 0 Å². The van der Waals surface area contributed by atoms with E-state index in [2.05, 4.69) is 5.32 Å².